The Morgan fingerprint density at radius 2 is 2.00 bits per heavy atom. The number of hydrogen-bond donors (Lipinski definition) is 0. The number of carbonyl (C=O) groups is 1. The van der Waals surface area contributed by atoms with E-state index in [2.05, 4.69) is 0 Å². The molecule has 0 radical (unpaired) electrons. The van der Waals surface area contributed by atoms with Gasteiger partial charge in [-0.15, -0.1) is 0 Å². The maximum Gasteiger partial charge on any atom is 0.289 e. The molecule has 22 heavy (non-hydrogen) atoms. The molecule has 0 spiro atoms. The number of benzene rings is 1. The Bertz CT molecular complexity index is 707. The first kappa shape index (κ1) is 15.3. The molecule has 0 unspecified atom stereocenters. The van der Waals surface area contributed by atoms with Gasteiger partial charge in [-0.3, -0.25) is 9.00 Å². The van der Waals surface area contributed by atoms with Crippen LogP contribution in [-0.4, -0.2) is 28.1 Å². The van der Waals surface area contributed by atoms with E-state index in [-0.39, 0.29) is 11.7 Å². The van der Waals surface area contributed by atoms with Crippen molar-refractivity contribution < 1.29 is 13.4 Å². The van der Waals surface area contributed by atoms with Gasteiger partial charge >= 0.3 is 0 Å². The van der Waals surface area contributed by atoms with Crippen LogP contribution in [0.2, 0.25) is 5.02 Å². The maximum absolute atomic E-state index is 12.3. The Balaban J connectivity index is 1.69. The minimum absolute atomic E-state index is 0.0858. The van der Waals surface area contributed by atoms with Gasteiger partial charge in [-0.2, -0.15) is 0 Å². The normalized spacial score (nSPS) is 16.0. The Hall–Kier alpha value is -1.59. The summed E-state index contributed by atoms with van der Waals surface area (Å²) < 4.78 is 17.9. The van der Waals surface area contributed by atoms with Crippen LogP contribution in [0.3, 0.4) is 0 Å². The fourth-order valence-electron chi connectivity index (χ4n) is 2.47. The quantitative estimate of drug-likeness (QED) is 0.858. The lowest BCUT2D eigenvalue weighted by Gasteiger charge is -2.12. The molecule has 0 bridgehead atoms. The van der Waals surface area contributed by atoms with Crippen molar-refractivity contribution in [2.75, 3.05) is 13.1 Å². The van der Waals surface area contributed by atoms with E-state index < -0.39 is 10.8 Å². The average molecular weight is 338 g/mol. The molecule has 2 aromatic rings. The van der Waals surface area contributed by atoms with E-state index in [1.54, 1.807) is 41.3 Å². The first-order valence-corrected chi connectivity index (χ1v) is 8.85. The van der Waals surface area contributed by atoms with Gasteiger partial charge in [0.1, 0.15) is 5.76 Å². The lowest BCUT2D eigenvalue weighted by atomic mass is 10.4. The van der Waals surface area contributed by atoms with Crippen LogP contribution in [0, 0.1) is 0 Å². The molecule has 2 heterocycles. The highest BCUT2D eigenvalue weighted by molar-refractivity contribution is 7.84. The lowest BCUT2D eigenvalue weighted by Crippen LogP contribution is -2.27. The van der Waals surface area contributed by atoms with Crippen LogP contribution in [0.25, 0.3) is 0 Å². The van der Waals surface area contributed by atoms with E-state index in [9.17, 15) is 9.00 Å². The largest absolute Gasteiger partial charge is 0.455 e. The molecule has 1 aromatic carbocycles. The summed E-state index contributed by atoms with van der Waals surface area (Å²) in [6.07, 6.45) is 2.08. The second-order valence-corrected chi connectivity index (χ2v) is 7.10. The van der Waals surface area contributed by atoms with Crippen molar-refractivity contribution in [3.05, 3.63) is 52.9 Å². The van der Waals surface area contributed by atoms with Crippen LogP contribution in [0.15, 0.2) is 45.7 Å². The Labute approximate surface area is 136 Å². The summed E-state index contributed by atoms with van der Waals surface area (Å²) in [4.78, 5) is 14.6. The standard InChI is InChI=1S/C16H16ClNO3S/c17-12-4-3-5-14(10-12)22(20)11-13-6-7-15(21-13)16(19)18-8-1-2-9-18/h3-7,10H,1-2,8-9,11H2/t22-/m1/s1. The molecule has 116 valence electrons. The minimum Gasteiger partial charge on any atom is -0.455 e. The highest BCUT2D eigenvalue weighted by Gasteiger charge is 2.22. The summed E-state index contributed by atoms with van der Waals surface area (Å²) in [6, 6.07) is 10.3. The zero-order valence-electron chi connectivity index (χ0n) is 12.0. The molecule has 6 heteroatoms. The third-order valence-corrected chi connectivity index (χ3v) is 5.16. The maximum atomic E-state index is 12.3. The van der Waals surface area contributed by atoms with Crippen LogP contribution in [0.5, 0.6) is 0 Å². The summed E-state index contributed by atoms with van der Waals surface area (Å²) in [5, 5.41) is 0.551. The average Bonchev–Trinajstić information content (AvgIpc) is 3.18. The molecular formula is C16H16ClNO3S. The van der Waals surface area contributed by atoms with Gasteiger partial charge in [-0.25, -0.2) is 0 Å². The van der Waals surface area contributed by atoms with Crippen molar-refractivity contribution in [1.82, 2.24) is 4.90 Å². The molecule has 1 aliphatic heterocycles. The van der Waals surface area contributed by atoms with E-state index in [1.807, 2.05) is 0 Å². The van der Waals surface area contributed by atoms with Crippen molar-refractivity contribution in [1.29, 1.82) is 0 Å². The molecule has 4 nitrogen and oxygen atoms in total. The molecule has 1 aromatic heterocycles. The van der Waals surface area contributed by atoms with E-state index in [0.717, 1.165) is 25.9 Å². The smallest absolute Gasteiger partial charge is 0.289 e. The molecule has 0 aliphatic carbocycles. The van der Waals surface area contributed by atoms with Gasteiger partial charge < -0.3 is 9.32 Å². The van der Waals surface area contributed by atoms with Crippen LogP contribution in [0.1, 0.15) is 29.2 Å². The first-order chi connectivity index (χ1) is 10.6. The summed E-state index contributed by atoms with van der Waals surface area (Å²) >= 11 is 5.90. The Morgan fingerprint density at radius 1 is 1.23 bits per heavy atom. The van der Waals surface area contributed by atoms with Crippen LogP contribution in [-0.2, 0) is 16.6 Å². The monoisotopic (exact) mass is 337 g/mol. The third kappa shape index (κ3) is 3.42. The first-order valence-electron chi connectivity index (χ1n) is 7.15. The summed E-state index contributed by atoms with van der Waals surface area (Å²) in [7, 11) is -1.25. The lowest BCUT2D eigenvalue weighted by molar-refractivity contribution is 0.0759. The van der Waals surface area contributed by atoms with Gasteiger partial charge in [-0.05, 0) is 43.2 Å². The fourth-order valence-corrected chi connectivity index (χ4v) is 3.79. The van der Waals surface area contributed by atoms with Crippen LogP contribution < -0.4 is 0 Å². The van der Waals surface area contributed by atoms with E-state index in [1.165, 1.54) is 0 Å². The van der Waals surface area contributed by atoms with Crippen LogP contribution >= 0.6 is 11.6 Å². The van der Waals surface area contributed by atoms with Gasteiger partial charge in [0.05, 0.1) is 16.6 Å². The van der Waals surface area contributed by atoms with Gasteiger partial charge in [0, 0.05) is 23.0 Å². The summed E-state index contributed by atoms with van der Waals surface area (Å²) in [5.41, 5.74) is 0. The molecule has 3 rings (SSSR count). The number of amides is 1. The Kier molecular flexibility index (Phi) is 4.64. The van der Waals surface area contributed by atoms with Gasteiger partial charge in [0.25, 0.3) is 5.91 Å². The second-order valence-electron chi connectivity index (χ2n) is 5.21. The molecule has 1 aliphatic rings. The van der Waals surface area contributed by atoms with Gasteiger partial charge in [0.2, 0.25) is 0 Å². The number of furan rings is 1. The minimum atomic E-state index is -1.25. The number of likely N-dealkylation sites (tertiary alicyclic amines) is 1. The predicted molar refractivity (Wildman–Crippen MR) is 85.4 cm³/mol. The van der Waals surface area contributed by atoms with Crippen molar-refractivity contribution in [3.63, 3.8) is 0 Å². The van der Waals surface area contributed by atoms with E-state index >= 15 is 0 Å². The number of nitrogens with zero attached hydrogens (tertiary/aromatic N) is 1. The Morgan fingerprint density at radius 3 is 2.73 bits per heavy atom. The number of carbonyl (C=O) groups excluding carboxylic acids is 1. The van der Waals surface area contributed by atoms with Crippen molar-refractivity contribution >= 4 is 28.3 Å². The molecule has 0 saturated carbocycles. The molecular weight excluding hydrogens is 322 g/mol. The van der Waals surface area contributed by atoms with Crippen molar-refractivity contribution in [2.24, 2.45) is 0 Å². The summed E-state index contributed by atoms with van der Waals surface area (Å²) in [5.74, 6) is 1.01. The fraction of sp³-hybridized carbons (Fsp3) is 0.312. The summed E-state index contributed by atoms with van der Waals surface area (Å²) in [6.45, 7) is 1.56. The van der Waals surface area contributed by atoms with Crippen LogP contribution in [0.4, 0.5) is 0 Å². The highest BCUT2D eigenvalue weighted by atomic mass is 35.5. The SMILES string of the molecule is O=C(c1ccc(C[S@@](=O)c2cccc(Cl)c2)o1)N1CCCC1. The zero-order chi connectivity index (χ0) is 15.5. The molecule has 1 amide bonds. The number of hydrogen-bond acceptors (Lipinski definition) is 3. The highest BCUT2D eigenvalue weighted by Crippen LogP contribution is 2.20. The second kappa shape index (κ2) is 6.67. The molecule has 0 N–H and O–H groups in total. The van der Waals surface area contributed by atoms with Gasteiger partial charge in [-0.1, -0.05) is 17.7 Å². The van der Waals surface area contributed by atoms with Gasteiger partial charge in [0.15, 0.2) is 5.76 Å². The van der Waals surface area contributed by atoms with E-state index in [4.69, 9.17) is 16.0 Å². The van der Waals surface area contributed by atoms with Crippen molar-refractivity contribution in [2.45, 2.75) is 23.5 Å². The predicted octanol–water partition coefficient (Wildman–Crippen LogP) is 3.48. The third-order valence-electron chi connectivity index (χ3n) is 3.60. The number of rotatable bonds is 4. The molecule has 1 fully saturated rings. The zero-order valence-corrected chi connectivity index (χ0v) is 13.5. The van der Waals surface area contributed by atoms with E-state index in [0.29, 0.717) is 21.4 Å². The molecule has 1 atom stereocenters. The van der Waals surface area contributed by atoms with Crippen molar-refractivity contribution in [3.8, 4) is 0 Å². The number of halogens is 1. The topological polar surface area (TPSA) is 50.5 Å². The molecule has 1 saturated heterocycles.